The van der Waals surface area contributed by atoms with E-state index in [1.165, 1.54) is 0 Å². The molecule has 3 fully saturated rings. The fourth-order valence-electron chi connectivity index (χ4n) is 4.58. The topological polar surface area (TPSA) is 56.6 Å². The van der Waals surface area contributed by atoms with Crippen molar-refractivity contribution < 1.29 is 9.53 Å². The molecule has 0 spiro atoms. The van der Waals surface area contributed by atoms with E-state index in [2.05, 4.69) is 17.9 Å². The lowest BCUT2D eigenvalue weighted by molar-refractivity contribution is -0.139. The van der Waals surface area contributed by atoms with E-state index >= 15 is 0 Å². The number of likely N-dealkylation sites (tertiary alicyclic amines) is 1. The van der Waals surface area contributed by atoms with Crippen LogP contribution in [-0.2, 0) is 9.53 Å². The molecule has 3 aliphatic rings. The van der Waals surface area contributed by atoms with Crippen molar-refractivity contribution in [1.29, 1.82) is 5.26 Å². The van der Waals surface area contributed by atoms with Gasteiger partial charge in [0.1, 0.15) is 5.41 Å². The first-order valence-electron chi connectivity index (χ1n) is 9.22. The standard InChI is InChI=1S/C18H29N3O2/c1-2-15-12-21(13-16(15)20-8-10-23-11-9-20)17(22)18(14-19)6-4-3-5-7-18/h15-16H,2-13H2,1H3/t15-,16-/m0/s1. The van der Waals surface area contributed by atoms with Gasteiger partial charge in [0.15, 0.2) is 0 Å². The van der Waals surface area contributed by atoms with Gasteiger partial charge in [-0.3, -0.25) is 9.69 Å². The van der Waals surface area contributed by atoms with Gasteiger partial charge in [0.25, 0.3) is 0 Å². The lowest BCUT2D eigenvalue weighted by atomic mass is 9.74. The molecule has 2 saturated heterocycles. The highest BCUT2D eigenvalue weighted by atomic mass is 16.5. The van der Waals surface area contributed by atoms with Crippen LogP contribution in [0.15, 0.2) is 0 Å². The molecule has 0 aromatic rings. The van der Waals surface area contributed by atoms with Crippen molar-refractivity contribution in [2.75, 3.05) is 39.4 Å². The third-order valence-corrected chi connectivity index (χ3v) is 6.06. The summed E-state index contributed by atoms with van der Waals surface area (Å²) < 4.78 is 5.47. The molecule has 0 aromatic carbocycles. The minimum atomic E-state index is -0.740. The average Bonchev–Trinajstić information content (AvgIpc) is 3.06. The molecule has 1 aliphatic carbocycles. The first kappa shape index (κ1) is 16.7. The van der Waals surface area contributed by atoms with E-state index in [1.807, 2.05) is 4.90 Å². The van der Waals surface area contributed by atoms with Crippen LogP contribution in [0.5, 0.6) is 0 Å². The smallest absolute Gasteiger partial charge is 0.243 e. The quantitative estimate of drug-likeness (QED) is 0.799. The van der Waals surface area contributed by atoms with Crippen LogP contribution in [0.25, 0.3) is 0 Å². The van der Waals surface area contributed by atoms with Crippen molar-refractivity contribution in [3.8, 4) is 6.07 Å². The second kappa shape index (κ2) is 7.19. The molecule has 2 heterocycles. The van der Waals surface area contributed by atoms with Gasteiger partial charge < -0.3 is 9.64 Å². The number of amides is 1. The Bertz CT molecular complexity index is 461. The van der Waals surface area contributed by atoms with Crippen LogP contribution < -0.4 is 0 Å². The Balaban J connectivity index is 1.70. The number of carbonyl (C=O) groups excluding carboxylic acids is 1. The van der Waals surface area contributed by atoms with Crippen LogP contribution in [0.2, 0.25) is 0 Å². The number of nitrogens with zero attached hydrogens (tertiary/aromatic N) is 3. The SMILES string of the molecule is CC[C@H]1CN(C(=O)C2(C#N)CCCCC2)C[C@@H]1N1CCOCC1. The number of carbonyl (C=O) groups is 1. The summed E-state index contributed by atoms with van der Waals surface area (Å²) in [5.41, 5.74) is -0.740. The van der Waals surface area contributed by atoms with Crippen molar-refractivity contribution in [3.63, 3.8) is 0 Å². The first-order chi connectivity index (χ1) is 11.2. The molecular weight excluding hydrogens is 290 g/mol. The molecule has 23 heavy (non-hydrogen) atoms. The molecule has 2 atom stereocenters. The highest BCUT2D eigenvalue weighted by Gasteiger charge is 2.46. The van der Waals surface area contributed by atoms with Gasteiger partial charge in [-0.25, -0.2) is 0 Å². The van der Waals surface area contributed by atoms with Gasteiger partial charge in [-0.1, -0.05) is 32.6 Å². The zero-order chi connectivity index (χ0) is 16.3. The van der Waals surface area contributed by atoms with E-state index in [4.69, 9.17) is 4.74 Å². The summed E-state index contributed by atoms with van der Waals surface area (Å²) in [6.45, 7) is 7.35. The summed E-state index contributed by atoms with van der Waals surface area (Å²) in [6.07, 6.45) is 5.76. The molecular formula is C18H29N3O2. The molecule has 128 valence electrons. The number of morpholine rings is 1. The summed E-state index contributed by atoms with van der Waals surface area (Å²) in [7, 11) is 0. The highest BCUT2D eigenvalue weighted by Crippen LogP contribution is 2.39. The van der Waals surface area contributed by atoms with Gasteiger partial charge in [-0.15, -0.1) is 0 Å². The Morgan fingerprint density at radius 1 is 1.22 bits per heavy atom. The van der Waals surface area contributed by atoms with Crippen molar-refractivity contribution >= 4 is 5.91 Å². The van der Waals surface area contributed by atoms with Gasteiger partial charge in [0, 0.05) is 32.2 Å². The lowest BCUT2D eigenvalue weighted by Gasteiger charge is -2.35. The Morgan fingerprint density at radius 3 is 2.52 bits per heavy atom. The second-order valence-electron chi connectivity index (χ2n) is 7.35. The molecule has 0 unspecified atom stereocenters. The number of rotatable bonds is 3. The van der Waals surface area contributed by atoms with Crippen LogP contribution in [0.1, 0.15) is 45.4 Å². The second-order valence-corrected chi connectivity index (χ2v) is 7.35. The number of nitriles is 1. The maximum absolute atomic E-state index is 13.1. The predicted octanol–water partition coefficient (Wildman–Crippen LogP) is 2.03. The fraction of sp³-hybridized carbons (Fsp3) is 0.889. The molecule has 1 saturated carbocycles. The van der Waals surface area contributed by atoms with Crippen LogP contribution >= 0.6 is 0 Å². The number of hydrogen-bond donors (Lipinski definition) is 0. The van der Waals surface area contributed by atoms with Gasteiger partial charge >= 0.3 is 0 Å². The lowest BCUT2D eigenvalue weighted by Crippen LogP contribution is -2.48. The minimum absolute atomic E-state index is 0.105. The van der Waals surface area contributed by atoms with E-state index in [9.17, 15) is 10.1 Å². The number of hydrogen-bond acceptors (Lipinski definition) is 4. The van der Waals surface area contributed by atoms with Crippen LogP contribution in [-0.4, -0.2) is 61.1 Å². The largest absolute Gasteiger partial charge is 0.379 e. The summed E-state index contributed by atoms with van der Waals surface area (Å²) >= 11 is 0. The van der Waals surface area contributed by atoms with Crippen LogP contribution in [0.4, 0.5) is 0 Å². The fourth-order valence-corrected chi connectivity index (χ4v) is 4.58. The molecule has 2 aliphatic heterocycles. The summed E-state index contributed by atoms with van der Waals surface area (Å²) in [6, 6.07) is 2.83. The maximum atomic E-state index is 13.1. The molecule has 0 radical (unpaired) electrons. The van der Waals surface area contributed by atoms with Gasteiger partial charge in [0.2, 0.25) is 5.91 Å². The van der Waals surface area contributed by atoms with Crippen molar-refractivity contribution in [3.05, 3.63) is 0 Å². The Morgan fingerprint density at radius 2 is 1.91 bits per heavy atom. The zero-order valence-corrected chi connectivity index (χ0v) is 14.3. The third kappa shape index (κ3) is 3.25. The maximum Gasteiger partial charge on any atom is 0.243 e. The highest BCUT2D eigenvalue weighted by molar-refractivity contribution is 5.86. The van der Waals surface area contributed by atoms with Crippen molar-refractivity contribution in [1.82, 2.24) is 9.80 Å². The zero-order valence-electron chi connectivity index (χ0n) is 14.3. The van der Waals surface area contributed by atoms with Crippen molar-refractivity contribution in [2.24, 2.45) is 11.3 Å². The van der Waals surface area contributed by atoms with Crippen LogP contribution in [0.3, 0.4) is 0 Å². The van der Waals surface area contributed by atoms with E-state index in [1.54, 1.807) is 0 Å². The summed E-state index contributed by atoms with van der Waals surface area (Å²) in [4.78, 5) is 17.6. The normalized spacial score (nSPS) is 31.7. The molecule has 3 rings (SSSR count). The van der Waals surface area contributed by atoms with E-state index in [0.717, 1.165) is 77.9 Å². The molecule has 0 N–H and O–H groups in total. The predicted molar refractivity (Wildman–Crippen MR) is 87.7 cm³/mol. The van der Waals surface area contributed by atoms with E-state index in [0.29, 0.717) is 12.0 Å². The van der Waals surface area contributed by atoms with Gasteiger partial charge in [0.05, 0.1) is 19.3 Å². The van der Waals surface area contributed by atoms with E-state index in [-0.39, 0.29) is 5.91 Å². The number of ether oxygens (including phenoxy) is 1. The Labute approximate surface area is 139 Å². The third-order valence-electron chi connectivity index (χ3n) is 6.06. The summed E-state index contributed by atoms with van der Waals surface area (Å²) in [5.74, 6) is 0.630. The van der Waals surface area contributed by atoms with Crippen LogP contribution in [0, 0.1) is 22.7 Å². The molecule has 5 heteroatoms. The first-order valence-corrected chi connectivity index (χ1v) is 9.22. The van der Waals surface area contributed by atoms with Gasteiger partial charge in [-0.05, 0) is 18.8 Å². The van der Waals surface area contributed by atoms with Crippen molar-refractivity contribution in [2.45, 2.75) is 51.5 Å². The monoisotopic (exact) mass is 319 g/mol. The summed E-state index contributed by atoms with van der Waals surface area (Å²) in [5, 5.41) is 9.69. The Kier molecular flexibility index (Phi) is 5.23. The minimum Gasteiger partial charge on any atom is -0.379 e. The van der Waals surface area contributed by atoms with E-state index < -0.39 is 5.41 Å². The molecule has 0 bridgehead atoms. The molecule has 1 amide bonds. The molecule has 0 aromatic heterocycles. The molecule has 5 nitrogen and oxygen atoms in total. The Hall–Kier alpha value is -1.12. The van der Waals surface area contributed by atoms with Gasteiger partial charge in [-0.2, -0.15) is 5.26 Å². The average molecular weight is 319 g/mol.